The normalized spacial score (nSPS) is 16.5. The van der Waals surface area contributed by atoms with E-state index in [-0.39, 0.29) is 11.6 Å². The Balaban J connectivity index is 1.49. The molecule has 5 rings (SSSR count). The lowest BCUT2D eigenvalue weighted by Gasteiger charge is -2.20. The third kappa shape index (κ3) is 3.40. The number of hydrogen-bond donors (Lipinski definition) is 2. The van der Waals surface area contributed by atoms with Crippen LogP contribution in [0.4, 0.5) is 15.8 Å². The second-order valence-corrected chi connectivity index (χ2v) is 8.05. The number of anilines is 2. The Labute approximate surface area is 178 Å². The molecule has 0 bridgehead atoms. The summed E-state index contributed by atoms with van der Waals surface area (Å²) >= 11 is 0. The molecule has 1 atom stereocenters. The lowest BCUT2D eigenvalue weighted by molar-refractivity contribution is 0.102. The van der Waals surface area contributed by atoms with E-state index in [9.17, 15) is 9.18 Å². The Morgan fingerprint density at radius 3 is 2.81 bits per heavy atom. The highest BCUT2D eigenvalue weighted by molar-refractivity contribution is 6.04. The predicted octanol–water partition coefficient (Wildman–Crippen LogP) is 2.79. The summed E-state index contributed by atoms with van der Waals surface area (Å²) in [5, 5.41) is 10.7. The second-order valence-electron chi connectivity index (χ2n) is 8.05. The maximum atomic E-state index is 14.4. The molecule has 4 aromatic heterocycles. The zero-order valence-corrected chi connectivity index (χ0v) is 17.7. The lowest BCUT2D eigenvalue weighted by atomic mass is 10.2. The summed E-state index contributed by atoms with van der Waals surface area (Å²) in [6.07, 6.45) is 4.44. The number of aromatic nitrogens is 4. The summed E-state index contributed by atoms with van der Waals surface area (Å²) in [7, 11) is 1.98. The molecule has 5 heterocycles. The van der Waals surface area contributed by atoms with Crippen molar-refractivity contribution in [2.75, 3.05) is 30.4 Å². The molecule has 0 saturated carbocycles. The molecule has 1 aliphatic rings. The topological polar surface area (TPSA) is 79.0 Å². The van der Waals surface area contributed by atoms with Crippen molar-refractivity contribution in [2.24, 2.45) is 0 Å². The average Bonchev–Trinajstić information content (AvgIpc) is 3.44. The number of likely N-dealkylation sites (N-methyl/N-ethyl adjacent to an activating group) is 1. The molecule has 0 spiro atoms. The van der Waals surface area contributed by atoms with Crippen LogP contribution in [0.5, 0.6) is 0 Å². The van der Waals surface area contributed by atoms with E-state index in [4.69, 9.17) is 0 Å². The molecule has 8 nitrogen and oxygen atoms in total. The van der Waals surface area contributed by atoms with E-state index in [0.29, 0.717) is 23.1 Å². The summed E-state index contributed by atoms with van der Waals surface area (Å²) in [6.45, 7) is 5.55. The van der Waals surface area contributed by atoms with Gasteiger partial charge in [0.05, 0.1) is 28.3 Å². The van der Waals surface area contributed by atoms with Gasteiger partial charge in [0.15, 0.2) is 11.5 Å². The van der Waals surface area contributed by atoms with Gasteiger partial charge < -0.3 is 19.9 Å². The fourth-order valence-corrected chi connectivity index (χ4v) is 4.28. The van der Waals surface area contributed by atoms with E-state index in [1.165, 1.54) is 6.07 Å². The van der Waals surface area contributed by atoms with Gasteiger partial charge >= 0.3 is 0 Å². The molecular weight excluding hydrogens is 397 g/mol. The minimum Gasteiger partial charge on any atom is -0.368 e. The molecule has 1 unspecified atom stereocenters. The third-order valence-corrected chi connectivity index (χ3v) is 5.78. The van der Waals surface area contributed by atoms with Gasteiger partial charge in [0.1, 0.15) is 5.69 Å². The highest BCUT2D eigenvalue weighted by atomic mass is 19.1. The zero-order chi connectivity index (χ0) is 21.7. The Morgan fingerprint density at radius 2 is 2.03 bits per heavy atom. The number of carbonyl (C=O) groups is 1. The van der Waals surface area contributed by atoms with Crippen molar-refractivity contribution in [3.8, 4) is 0 Å². The van der Waals surface area contributed by atoms with Gasteiger partial charge in [-0.25, -0.2) is 13.9 Å². The molecule has 1 amide bonds. The van der Waals surface area contributed by atoms with Gasteiger partial charge in [0.25, 0.3) is 5.91 Å². The molecular formula is C22H24FN7O. The van der Waals surface area contributed by atoms with Gasteiger partial charge in [-0.1, -0.05) is 0 Å². The molecule has 31 heavy (non-hydrogen) atoms. The number of aryl methyl sites for hydroxylation is 2. The van der Waals surface area contributed by atoms with Crippen LogP contribution >= 0.6 is 0 Å². The fourth-order valence-electron chi connectivity index (χ4n) is 4.28. The van der Waals surface area contributed by atoms with Gasteiger partial charge in [0.2, 0.25) is 0 Å². The van der Waals surface area contributed by atoms with Crippen LogP contribution in [0.15, 0.2) is 36.7 Å². The number of hydrogen-bond acceptors (Lipinski definition) is 5. The second kappa shape index (κ2) is 7.35. The maximum Gasteiger partial charge on any atom is 0.274 e. The number of pyridine rings is 2. The van der Waals surface area contributed by atoms with Crippen molar-refractivity contribution < 1.29 is 9.18 Å². The van der Waals surface area contributed by atoms with Crippen LogP contribution in [0.25, 0.3) is 11.2 Å². The summed E-state index contributed by atoms with van der Waals surface area (Å²) in [5.41, 5.74) is 4.44. The maximum absolute atomic E-state index is 14.4. The highest BCUT2D eigenvalue weighted by Gasteiger charge is 2.24. The molecule has 160 valence electrons. The van der Waals surface area contributed by atoms with Gasteiger partial charge in [-0.15, -0.1) is 0 Å². The average molecular weight is 421 g/mol. The van der Waals surface area contributed by atoms with Crippen molar-refractivity contribution in [1.82, 2.24) is 24.3 Å². The number of imidazole rings is 1. The number of nitrogens with one attached hydrogen (secondary N) is 2. The van der Waals surface area contributed by atoms with Gasteiger partial charge in [-0.05, 0) is 45.5 Å². The molecule has 0 aliphatic carbocycles. The van der Waals surface area contributed by atoms with E-state index in [1.807, 2.05) is 26.1 Å². The number of nitrogens with zero attached hydrogens (tertiary/aromatic N) is 5. The number of halogens is 1. The van der Waals surface area contributed by atoms with Gasteiger partial charge in [-0.3, -0.25) is 4.79 Å². The summed E-state index contributed by atoms with van der Waals surface area (Å²) in [5.74, 6) is -0.848. The van der Waals surface area contributed by atoms with Crippen LogP contribution in [0.3, 0.4) is 0 Å². The van der Waals surface area contributed by atoms with Crippen LogP contribution in [0.1, 0.15) is 28.3 Å². The Morgan fingerprint density at radius 1 is 1.19 bits per heavy atom. The Kier molecular flexibility index (Phi) is 4.62. The molecule has 0 aromatic carbocycles. The van der Waals surface area contributed by atoms with Crippen LogP contribution in [0.2, 0.25) is 0 Å². The quantitative estimate of drug-likeness (QED) is 0.530. The van der Waals surface area contributed by atoms with E-state index < -0.39 is 5.82 Å². The number of rotatable bonds is 4. The summed E-state index contributed by atoms with van der Waals surface area (Å²) < 4.78 is 17.6. The first kappa shape index (κ1) is 19.5. The Bertz CT molecular complexity index is 1310. The largest absolute Gasteiger partial charge is 0.368 e. The van der Waals surface area contributed by atoms with Crippen LogP contribution in [-0.4, -0.2) is 51.1 Å². The van der Waals surface area contributed by atoms with E-state index in [2.05, 4.69) is 25.6 Å². The first-order valence-corrected chi connectivity index (χ1v) is 10.3. The molecule has 1 fully saturated rings. The smallest absolute Gasteiger partial charge is 0.274 e. The van der Waals surface area contributed by atoms with Crippen LogP contribution < -0.4 is 15.5 Å². The minimum absolute atomic E-state index is 0.232. The molecule has 4 aromatic rings. The van der Waals surface area contributed by atoms with Crippen molar-refractivity contribution in [2.45, 2.75) is 26.3 Å². The van der Waals surface area contributed by atoms with Gasteiger partial charge in [-0.2, -0.15) is 5.10 Å². The summed E-state index contributed by atoms with van der Waals surface area (Å²) in [4.78, 5) is 19.5. The minimum atomic E-state index is -0.491. The van der Waals surface area contributed by atoms with Crippen LogP contribution in [0, 0.1) is 19.7 Å². The number of carbonyl (C=O) groups excluding carboxylic acids is 1. The zero-order valence-electron chi connectivity index (χ0n) is 17.7. The van der Waals surface area contributed by atoms with E-state index >= 15 is 0 Å². The standard InChI is InChI=1S/C22H24FN7O/c1-13-8-20-18(28-7-6-15(11-28)24-3)4-5-19(30(20)27-13)22(31)26-16-9-17(23)21-25-14(2)10-29(21)12-16/h4-5,8-10,12,15,24H,6-7,11H2,1-3H3,(H,26,31). The molecule has 9 heteroatoms. The SMILES string of the molecule is CNC1CCN(c2ccc(C(=O)Nc3cc(F)c4nc(C)cn4c3)n3nc(C)cc23)C1. The predicted molar refractivity (Wildman–Crippen MR) is 117 cm³/mol. The van der Waals surface area contributed by atoms with Crippen molar-refractivity contribution in [1.29, 1.82) is 0 Å². The van der Waals surface area contributed by atoms with Crippen LogP contribution in [-0.2, 0) is 0 Å². The summed E-state index contributed by atoms with van der Waals surface area (Å²) in [6, 6.07) is 7.45. The first-order valence-electron chi connectivity index (χ1n) is 10.3. The fraction of sp³-hybridized carbons (Fsp3) is 0.318. The monoisotopic (exact) mass is 421 g/mol. The number of fused-ring (bicyclic) bond motifs is 2. The lowest BCUT2D eigenvalue weighted by Crippen LogP contribution is -2.29. The Hall–Kier alpha value is -3.46. The van der Waals surface area contributed by atoms with Gasteiger partial charge in [0, 0.05) is 37.6 Å². The number of amides is 1. The third-order valence-electron chi connectivity index (χ3n) is 5.78. The molecule has 1 saturated heterocycles. The van der Waals surface area contributed by atoms with Crippen molar-refractivity contribution >= 4 is 28.4 Å². The van der Waals surface area contributed by atoms with Crippen molar-refractivity contribution in [3.05, 3.63) is 59.6 Å². The molecule has 0 radical (unpaired) electrons. The van der Waals surface area contributed by atoms with E-state index in [1.54, 1.807) is 34.3 Å². The first-order chi connectivity index (χ1) is 14.9. The molecule has 2 N–H and O–H groups in total. The van der Waals surface area contributed by atoms with Crippen molar-refractivity contribution in [3.63, 3.8) is 0 Å². The highest BCUT2D eigenvalue weighted by Crippen LogP contribution is 2.28. The van der Waals surface area contributed by atoms with E-state index in [0.717, 1.165) is 36.4 Å². The molecule has 1 aliphatic heterocycles.